The van der Waals surface area contributed by atoms with Crippen molar-refractivity contribution in [1.29, 1.82) is 0 Å². The summed E-state index contributed by atoms with van der Waals surface area (Å²) in [5.41, 5.74) is 4.12. The summed E-state index contributed by atoms with van der Waals surface area (Å²) in [6.45, 7) is 6.49. The van der Waals surface area contributed by atoms with Crippen molar-refractivity contribution in [3.63, 3.8) is 0 Å². The van der Waals surface area contributed by atoms with Gasteiger partial charge in [-0.1, -0.05) is 66.7 Å². The normalized spacial score (nSPS) is 15.8. The summed E-state index contributed by atoms with van der Waals surface area (Å²) >= 11 is 0. The van der Waals surface area contributed by atoms with Gasteiger partial charge in [0.2, 0.25) is 5.91 Å². The number of nitrogens with zero attached hydrogens (tertiary/aromatic N) is 2. The Bertz CT molecular complexity index is 1020. The van der Waals surface area contributed by atoms with E-state index in [2.05, 4.69) is 39.4 Å². The number of rotatable bonds is 7. The maximum atomic E-state index is 13.5. The second-order valence-corrected chi connectivity index (χ2v) is 8.30. The molecule has 1 heterocycles. The highest BCUT2D eigenvalue weighted by Gasteiger charge is 2.31. The molecule has 0 bridgehead atoms. The predicted molar refractivity (Wildman–Crippen MR) is 129 cm³/mol. The second kappa shape index (κ2) is 10.4. The molecule has 1 aliphatic heterocycles. The van der Waals surface area contributed by atoms with E-state index in [1.54, 1.807) is 7.11 Å². The Labute approximate surface area is 190 Å². The zero-order chi connectivity index (χ0) is 22.3. The van der Waals surface area contributed by atoms with E-state index >= 15 is 0 Å². The molecule has 1 saturated heterocycles. The average molecular weight is 430 g/mol. The third-order valence-corrected chi connectivity index (χ3v) is 6.00. The molecule has 32 heavy (non-hydrogen) atoms. The van der Waals surface area contributed by atoms with Crippen LogP contribution in [0.3, 0.4) is 0 Å². The first-order chi connectivity index (χ1) is 15.6. The lowest BCUT2D eigenvalue weighted by Crippen LogP contribution is -2.49. The molecule has 1 aliphatic rings. The average Bonchev–Trinajstić information content (AvgIpc) is 2.82. The number of hydrogen-bond acceptors (Lipinski definition) is 4. The van der Waals surface area contributed by atoms with E-state index in [4.69, 9.17) is 4.74 Å². The number of nitrogens with one attached hydrogen (secondary N) is 1. The van der Waals surface area contributed by atoms with E-state index in [0.717, 1.165) is 43.9 Å². The smallest absolute Gasteiger partial charge is 0.246 e. The van der Waals surface area contributed by atoms with E-state index in [-0.39, 0.29) is 11.9 Å². The van der Waals surface area contributed by atoms with Crippen LogP contribution in [0.4, 0.5) is 5.69 Å². The van der Waals surface area contributed by atoms with Crippen LogP contribution < -0.4 is 10.1 Å². The fraction of sp³-hybridized carbons (Fsp3) is 0.296. The summed E-state index contributed by atoms with van der Waals surface area (Å²) in [6, 6.07) is 26.1. The minimum atomic E-state index is -0.347. The summed E-state index contributed by atoms with van der Waals surface area (Å²) in [5, 5.41) is 3.13. The van der Waals surface area contributed by atoms with Gasteiger partial charge in [0, 0.05) is 32.7 Å². The number of anilines is 1. The predicted octanol–water partition coefficient (Wildman–Crippen LogP) is 4.50. The number of piperazine rings is 1. The van der Waals surface area contributed by atoms with Crippen molar-refractivity contribution in [3.8, 4) is 5.75 Å². The summed E-state index contributed by atoms with van der Waals surface area (Å²) in [4.78, 5) is 18.3. The number of benzene rings is 3. The first-order valence-electron chi connectivity index (χ1n) is 11.1. The van der Waals surface area contributed by atoms with Crippen molar-refractivity contribution in [2.75, 3.05) is 38.6 Å². The van der Waals surface area contributed by atoms with Crippen molar-refractivity contribution < 1.29 is 9.53 Å². The molecule has 5 nitrogen and oxygen atoms in total. The van der Waals surface area contributed by atoms with Crippen molar-refractivity contribution in [3.05, 3.63) is 95.6 Å². The molecule has 3 aromatic carbocycles. The number of ether oxygens (including phenoxy) is 1. The molecule has 1 fully saturated rings. The number of amides is 1. The summed E-state index contributed by atoms with van der Waals surface area (Å²) in [5.74, 6) is 0.639. The van der Waals surface area contributed by atoms with Crippen LogP contribution in [0.1, 0.15) is 22.7 Å². The van der Waals surface area contributed by atoms with Crippen LogP contribution in [0.2, 0.25) is 0 Å². The molecule has 5 heteroatoms. The minimum absolute atomic E-state index is 0.0309. The van der Waals surface area contributed by atoms with E-state index in [0.29, 0.717) is 11.4 Å². The number of carbonyl (C=O) groups is 1. The van der Waals surface area contributed by atoms with E-state index < -0.39 is 0 Å². The third-order valence-electron chi connectivity index (χ3n) is 6.00. The van der Waals surface area contributed by atoms with Gasteiger partial charge in [0.1, 0.15) is 11.8 Å². The standard InChI is InChI=1S/C27H31N3O2/c1-21-13-14-25(32-2)24(19-21)28-27(31)26(23-11-7-4-8-12-23)30-17-15-29(16-18-30)20-22-9-5-3-6-10-22/h3-14,19,26H,15-18,20H2,1-2H3,(H,28,31). The van der Waals surface area contributed by atoms with Gasteiger partial charge in [-0.3, -0.25) is 14.6 Å². The van der Waals surface area contributed by atoms with Gasteiger partial charge in [0.05, 0.1) is 12.8 Å². The van der Waals surface area contributed by atoms with Crippen LogP contribution in [0.15, 0.2) is 78.9 Å². The molecule has 0 saturated carbocycles. The highest BCUT2D eigenvalue weighted by molar-refractivity contribution is 5.96. The van der Waals surface area contributed by atoms with E-state index in [1.807, 2.05) is 61.5 Å². The Balaban J connectivity index is 1.49. The van der Waals surface area contributed by atoms with Crippen LogP contribution in [0.5, 0.6) is 5.75 Å². The second-order valence-electron chi connectivity index (χ2n) is 8.30. The molecule has 3 aromatic rings. The molecule has 1 N–H and O–H groups in total. The molecule has 1 atom stereocenters. The van der Waals surface area contributed by atoms with Crippen LogP contribution in [0.25, 0.3) is 0 Å². The van der Waals surface area contributed by atoms with Crippen molar-refractivity contribution in [2.24, 2.45) is 0 Å². The molecule has 1 amide bonds. The highest BCUT2D eigenvalue weighted by atomic mass is 16.5. The summed E-state index contributed by atoms with van der Waals surface area (Å²) in [6.07, 6.45) is 0. The van der Waals surface area contributed by atoms with Gasteiger partial charge in [-0.05, 0) is 35.7 Å². The molecular formula is C27H31N3O2. The monoisotopic (exact) mass is 429 g/mol. The van der Waals surface area contributed by atoms with Crippen LogP contribution in [-0.4, -0.2) is 49.0 Å². The Morgan fingerprint density at radius 3 is 2.25 bits per heavy atom. The summed E-state index contributed by atoms with van der Waals surface area (Å²) < 4.78 is 5.47. The Morgan fingerprint density at radius 1 is 0.938 bits per heavy atom. The molecule has 0 spiro atoms. The maximum Gasteiger partial charge on any atom is 0.246 e. The lowest BCUT2D eigenvalue weighted by molar-refractivity contribution is -0.122. The Kier molecular flexibility index (Phi) is 7.20. The molecule has 1 unspecified atom stereocenters. The Morgan fingerprint density at radius 2 is 1.59 bits per heavy atom. The highest BCUT2D eigenvalue weighted by Crippen LogP contribution is 2.29. The fourth-order valence-electron chi connectivity index (χ4n) is 4.31. The van der Waals surface area contributed by atoms with Gasteiger partial charge in [-0.25, -0.2) is 0 Å². The number of methoxy groups -OCH3 is 1. The quantitative estimate of drug-likeness (QED) is 0.601. The lowest BCUT2D eigenvalue weighted by atomic mass is 10.0. The molecular weight excluding hydrogens is 398 g/mol. The van der Waals surface area contributed by atoms with Crippen molar-refractivity contribution in [2.45, 2.75) is 19.5 Å². The number of hydrogen-bond donors (Lipinski definition) is 1. The SMILES string of the molecule is COc1ccc(C)cc1NC(=O)C(c1ccccc1)N1CCN(Cc2ccccc2)CC1. The number of aryl methyl sites for hydroxylation is 1. The largest absolute Gasteiger partial charge is 0.495 e. The summed E-state index contributed by atoms with van der Waals surface area (Å²) in [7, 11) is 1.63. The topological polar surface area (TPSA) is 44.8 Å². The fourth-order valence-corrected chi connectivity index (χ4v) is 4.31. The van der Waals surface area contributed by atoms with Gasteiger partial charge in [0.15, 0.2) is 0 Å². The van der Waals surface area contributed by atoms with Crippen molar-refractivity contribution >= 4 is 11.6 Å². The molecule has 166 valence electrons. The molecule has 4 rings (SSSR count). The zero-order valence-corrected chi connectivity index (χ0v) is 18.8. The lowest BCUT2D eigenvalue weighted by Gasteiger charge is -2.39. The third kappa shape index (κ3) is 5.36. The molecule has 0 aromatic heterocycles. The molecule has 0 aliphatic carbocycles. The van der Waals surface area contributed by atoms with Crippen LogP contribution >= 0.6 is 0 Å². The minimum Gasteiger partial charge on any atom is -0.495 e. The van der Waals surface area contributed by atoms with Gasteiger partial charge in [0.25, 0.3) is 0 Å². The van der Waals surface area contributed by atoms with Crippen LogP contribution in [0, 0.1) is 6.92 Å². The molecule has 0 radical (unpaired) electrons. The van der Waals surface area contributed by atoms with Gasteiger partial charge >= 0.3 is 0 Å². The maximum absolute atomic E-state index is 13.5. The van der Waals surface area contributed by atoms with Crippen LogP contribution in [-0.2, 0) is 11.3 Å². The number of carbonyl (C=O) groups excluding carboxylic acids is 1. The van der Waals surface area contributed by atoms with Gasteiger partial charge in [-0.2, -0.15) is 0 Å². The zero-order valence-electron chi connectivity index (χ0n) is 18.8. The van der Waals surface area contributed by atoms with E-state index in [1.165, 1.54) is 5.56 Å². The van der Waals surface area contributed by atoms with Gasteiger partial charge in [-0.15, -0.1) is 0 Å². The first-order valence-corrected chi connectivity index (χ1v) is 11.1. The van der Waals surface area contributed by atoms with E-state index in [9.17, 15) is 4.79 Å². The first kappa shape index (κ1) is 22.1. The van der Waals surface area contributed by atoms with Crippen molar-refractivity contribution in [1.82, 2.24) is 9.80 Å². The Hall–Kier alpha value is -3.15. The van der Waals surface area contributed by atoms with Gasteiger partial charge < -0.3 is 10.1 Å².